The lowest BCUT2D eigenvalue weighted by Gasteiger charge is -2.17. The van der Waals surface area contributed by atoms with E-state index in [1.165, 1.54) is 12.1 Å². The molecule has 0 aliphatic heterocycles. The standard InChI is InChI=1S/C17H17FN2/c1-2-17(15-6-8-16(18)9-7-15)20-12-14-5-3-4-13(10-14)11-19/h3-10,17,20H,2,12H2,1H3. The van der Waals surface area contributed by atoms with Gasteiger partial charge in [0.15, 0.2) is 0 Å². The topological polar surface area (TPSA) is 35.8 Å². The van der Waals surface area contributed by atoms with Gasteiger partial charge in [-0.15, -0.1) is 0 Å². The van der Waals surface area contributed by atoms with Crippen molar-refractivity contribution >= 4 is 0 Å². The number of nitriles is 1. The highest BCUT2D eigenvalue weighted by atomic mass is 19.1. The van der Waals surface area contributed by atoms with Gasteiger partial charge in [-0.3, -0.25) is 0 Å². The Morgan fingerprint density at radius 2 is 1.95 bits per heavy atom. The first-order chi connectivity index (χ1) is 9.72. The summed E-state index contributed by atoms with van der Waals surface area (Å²) in [6, 6.07) is 16.4. The highest BCUT2D eigenvalue weighted by Gasteiger charge is 2.08. The summed E-state index contributed by atoms with van der Waals surface area (Å²) in [5, 5.41) is 12.3. The molecule has 0 spiro atoms. The van der Waals surface area contributed by atoms with E-state index in [0.29, 0.717) is 12.1 Å². The van der Waals surface area contributed by atoms with Crippen LogP contribution < -0.4 is 5.32 Å². The van der Waals surface area contributed by atoms with Crippen LogP contribution in [-0.2, 0) is 6.54 Å². The molecule has 2 aromatic rings. The molecule has 20 heavy (non-hydrogen) atoms. The van der Waals surface area contributed by atoms with Crippen LogP contribution in [0.1, 0.15) is 36.1 Å². The second kappa shape index (κ2) is 6.83. The van der Waals surface area contributed by atoms with Crippen LogP contribution in [0.5, 0.6) is 0 Å². The first-order valence-electron chi connectivity index (χ1n) is 6.71. The molecule has 2 aromatic carbocycles. The summed E-state index contributed by atoms with van der Waals surface area (Å²) in [4.78, 5) is 0. The minimum Gasteiger partial charge on any atom is -0.306 e. The monoisotopic (exact) mass is 268 g/mol. The number of benzene rings is 2. The lowest BCUT2D eigenvalue weighted by Crippen LogP contribution is -2.20. The van der Waals surface area contributed by atoms with E-state index in [1.807, 2.05) is 30.3 Å². The third-order valence-electron chi connectivity index (χ3n) is 3.29. The molecule has 1 N–H and O–H groups in total. The van der Waals surface area contributed by atoms with Crippen LogP contribution in [-0.4, -0.2) is 0 Å². The van der Waals surface area contributed by atoms with Crippen LogP contribution in [0.15, 0.2) is 48.5 Å². The quantitative estimate of drug-likeness (QED) is 0.891. The van der Waals surface area contributed by atoms with Crippen molar-refractivity contribution in [2.75, 3.05) is 0 Å². The van der Waals surface area contributed by atoms with Gasteiger partial charge in [0.25, 0.3) is 0 Å². The smallest absolute Gasteiger partial charge is 0.123 e. The van der Waals surface area contributed by atoms with Crippen LogP contribution in [0.4, 0.5) is 4.39 Å². The zero-order valence-corrected chi connectivity index (χ0v) is 11.4. The van der Waals surface area contributed by atoms with E-state index < -0.39 is 0 Å². The van der Waals surface area contributed by atoms with Gasteiger partial charge < -0.3 is 5.32 Å². The summed E-state index contributed by atoms with van der Waals surface area (Å²) >= 11 is 0. The lowest BCUT2D eigenvalue weighted by molar-refractivity contribution is 0.517. The van der Waals surface area contributed by atoms with E-state index in [1.54, 1.807) is 6.07 Å². The second-order valence-electron chi connectivity index (χ2n) is 4.71. The molecule has 0 aliphatic carbocycles. The van der Waals surface area contributed by atoms with Crippen molar-refractivity contribution in [3.05, 3.63) is 71.0 Å². The van der Waals surface area contributed by atoms with Crippen LogP contribution in [0, 0.1) is 17.1 Å². The Hall–Kier alpha value is -2.18. The highest BCUT2D eigenvalue weighted by molar-refractivity contribution is 5.32. The van der Waals surface area contributed by atoms with Crippen molar-refractivity contribution in [2.45, 2.75) is 25.9 Å². The number of nitrogens with zero attached hydrogens (tertiary/aromatic N) is 1. The first-order valence-corrected chi connectivity index (χ1v) is 6.71. The van der Waals surface area contributed by atoms with Gasteiger partial charge in [-0.25, -0.2) is 4.39 Å². The Labute approximate surface area is 118 Å². The van der Waals surface area contributed by atoms with Gasteiger partial charge >= 0.3 is 0 Å². The maximum absolute atomic E-state index is 12.9. The summed E-state index contributed by atoms with van der Waals surface area (Å²) in [5.74, 6) is -0.217. The van der Waals surface area contributed by atoms with Gasteiger partial charge in [0.05, 0.1) is 11.6 Å². The molecule has 1 atom stereocenters. The van der Waals surface area contributed by atoms with E-state index in [-0.39, 0.29) is 11.9 Å². The molecular formula is C17H17FN2. The average Bonchev–Trinajstić information content (AvgIpc) is 2.50. The number of halogens is 1. The van der Waals surface area contributed by atoms with Crippen LogP contribution >= 0.6 is 0 Å². The maximum atomic E-state index is 12.9. The van der Waals surface area contributed by atoms with Gasteiger partial charge in [-0.1, -0.05) is 31.2 Å². The Morgan fingerprint density at radius 3 is 2.60 bits per heavy atom. The molecule has 0 bridgehead atoms. The second-order valence-corrected chi connectivity index (χ2v) is 4.71. The fraction of sp³-hybridized carbons (Fsp3) is 0.235. The normalized spacial score (nSPS) is 11.8. The molecular weight excluding hydrogens is 251 g/mol. The molecule has 2 nitrogen and oxygen atoms in total. The zero-order valence-electron chi connectivity index (χ0n) is 11.4. The first kappa shape index (κ1) is 14.2. The fourth-order valence-electron chi connectivity index (χ4n) is 2.18. The minimum atomic E-state index is -0.217. The molecule has 3 heteroatoms. The molecule has 0 saturated heterocycles. The Balaban J connectivity index is 2.03. The molecule has 1 unspecified atom stereocenters. The van der Waals surface area contributed by atoms with E-state index >= 15 is 0 Å². The molecule has 0 aromatic heterocycles. The third-order valence-corrected chi connectivity index (χ3v) is 3.29. The summed E-state index contributed by atoms with van der Waals surface area (Å²) in [6.07, 6.45) is 0.920. The van der Waals surface area contributed by atoms with E-state index in [2.05, 4.69) is 18.3 Å². The van der Waals surface area contributed by atoms with Gasteiger partial charge in [-0.05, 0) is 41.8 Å². The van der Waals surface area contributed by atoms with Crippen LogP contribution in [0.3, 0.4) is 0 Å². The summed E-state index contributed by atoms with van der Waals surface area (Å²) < 4.78 is 12.9. The zero-order chi connectivity index (χ0) is 14.4. The van der Waals surface area contributed by atoms with Crippen molar-refractivity contribution in [1.82, 2.24) is 5.32 Å². The predicted octanol–water partition coefficient (Wildman–Crippen LogP) is 3.94. The van der Waals surface area contributed by atoms with Crippen LogP contribution in [0.25, 0.3) is 0 Å². The summed E-state index contributed by atoms with van der Waals surface area (Å²) in [5.41, 5.74) is 2.81. The molecule has 0 heterocycles. The number of hydrogen-bond donors (Lipinski definition) is 1. The average molecular weight is 268 g/mol. The van der Waals surface area contributed by atoms with Gasteiger partial charge in [-0.2, -0.15) is 5.26 Å². The molecule has 0 saturated carbocycles. The Morgan fingerprint density at radius 1 is 1.20 bits per heavy atom. The van der Waals surface area contributed by atoms with Crippen molar-refractivity contribution in [3.63, 3.8) is 0 Å². The van der Waals surface area contributed by atoms with Crippen molar-refractivity contribution < 1.29 is 4.39 Å². The van der Waals surface area contributed by atoms with Crippen molar-refractivity contribution in [2.24, 2.45) is 0 Å². The number of rotatable bonds is 5. The third kappa shape index (κ3) is 3.66. The lowest BCUT2D eigenvalue weighted by atomic mass is 10.0. The maximum Gasteiger partial charge on any atom is 0.123 e. The molecule has 0 amide bonds. The van der Waals surface area contributed by atoms with Gasteiger partial charge in [0.1, 0.15) is 5.82 Å². The van der Waals surface area contributed by atoms with Crippen LogP contribution in [0.2, 0.25) is 0 Å². The summed E-state index contributed by atoms with van der Waals surface area (Å²) in [7, 11) is 0. The van der Waals surface area contributed by atoms with Crippen molar-refractivity contribution in [1.29, 1.82) is 5.26 Å². The molecule has 0 aliphatic rings. The number of nitrogens with one attached hydrogen (secondary N) is 1. The molecule has 102 valence electrons. The number of hydrogen-bond acceptors (Lipinski definition) is 2. The minimum absolute atomic E-state index is 0.182. The van der Waals surface area contributed by atoms with Crippen molar-refractivity contribution in [3.8, 4) is 6.07 Å². The highest BCUT2D eigenvalue weighted by Crippen LogP contribution is 2.17. The van der Waals surface area contributed by atoms with Gasteiger partial charge in [0.2, 0.25) is 0 Å². The Kier molecular flexibility index (Phi) is 4.86. The van der Waals surface area contributed by atoms with E-state index in [9.17, 15) is 4.39 Å². The SMILES string of the molecule is CCC(NCc1cccc(C#N)c1)c1ccc(F)cc1. The largest absolute Gasteiger partial charge is 0.306 e. The molecule has 0 fully saturated rings. The van der Waals surface area contributed by atoms with E-state index in [0.717, 1.165) is 17.5 Å². The van der Waals surface area contributed by atoms with E-state index in [4.69, 9.17) is 5.26 Å². The van der Waals surface area contributed by atoms with Gasteiger partial charge in [0, 0.05) is 12.6 Å². The molecule has 0 radical (unpaired) electrons. The summed E-state index contributed by atoms with van der Waals surface area (Å²) in [6.45, 7) is 2.78. The Bertz CT molecular complexity index is 599. The fourth-order valence-corrected chi connectivity index (χ4v) is 2.18. The molecule has 2 rings (SSSR count). The predicted molar refractivity (Wildman–Crippen MR) is 77.4 cm³/mol.